The third-order valence-electron chi connectivity index (χ3n) is 8.52. The van der Waals surface area contributed by atoms with Gasteiger partial charge in [-0.15, -0.1) is 0 Å². The van der Waals surface area contributed by atoms with E-state index < -0.39 is 0 Å². The molecular formula is C36H35N2+. The molecule has 0 atom stereocenters. The summed E-state index contributed by atoms with van der Waals surface area (Å²) < 4.78 is 4.98. The summed E-state index contributed by atoms with van der Waals surface area (Å²) in [5.74, 6) is 0. The van der Waals surface area contributed by atoms with E-state index in [1.807, 2.05) is 0 Å². The summed E-state index contributed by atoms with van der Waals surface area (Å²) in [7, 11) is 2.23. The van der Waals surface area contributed by atoms with Crippen LogP contribution in [0.5, 0.6) is 0 Å². The van der Waals surface area contributed by atoms with E-state index in [0.717, 1.165) is 6.42 Å². The van der Waals surface area contributed by atoms with E-state index in [1.165, 1.54) is 82.4 Å². The first-order valence-corrected chi connectivity index (χ1v) is 13.7. The number of pyridine rings is 2. The minimum Gasteiger partial charge on any atom is -0.307 e. The number of hydrogen-bond acceptors (Lipinski definition) is 0. The summed E-state index contributed by atoms with van der Waals surface area (Å²) >= 11 is 0. The SMILES string of the molecule is Cc1cc(C)c2c(c1C)c1c3c(ccc4c5c(CC(C)(C)C)cccc5n2c43)c(-c2ccccc2)c[n+]1C. The van der Waals surface area contributed by atoms with Gasteiger partial charge in [0.2, 0.25) is 5.52 Å². The third-order valence-corrected chi connectivity index (χ3v) is 8.52. The van der Waals surface area contributed by atoms with Crippen molar-refractivity contribution in [2.75, 3.05) is 0 Å². The van der Waals surface area contributed by atoms with E-state index in [-0.39, 0.29) is 5.41 Å². The zero-order valence-electron chi connectivity index (χ0n) is 23.5. The molecule has 0 radical (unpaired) electrons. The number of aromatic nitrogens is 2. The maximum atomic E-state index is 2.60. The highest BCUT2D eigenvalue weighted by Crippen LogP contribution is 2.45. The van der Waals surface area contributed by atoms with Gasteiger partial charge in [-0.2, -0.15) is 4.57 Å². The Labute approximate surface area is 224 Å². The molecule has 7 aromatic rings. The van der Waals surface area contributed by atoms with E-state index in [2.05, 4.69) is 130 Å². The fraction of sp³-hybridized carbons (Fsp3) is 0.250. The quantitative estimate of drug-likeness (QED) is 0.128. The topological polar surface area (TPSA) is 8.29 Å². The lowest BCUT2D eigenvalue weighted by Gasteiger charge is -2.19. The lowest BCUT2D eigenvalue weighted by Crippen LogP contribution is -2.30. The summed E-state index contributed by atoms with van der Waals surface area (Å²) in [6, 6.07) is 24.9. The van der Waals surface area contributed by atoms with Crippen LogP contribution in [0.1, 0.15) is 43.0 Å². The summed E-state index contributed by atoms with van der Waals surface area (Å²) in [6.45, 7) is 13.9. The Balaban J connectivity index is 1.83. The lowest BCUT2D eigenvalue weighted by atomic mass is 9.86. The van der Waals surface area contributed by atoms with Gasteiger partial charge in [-0.1, -0.05) is 81.4 Å². The summed E-state index contributed by atoms with van der Waals surface area (Å²) in [6.07, 6.45) is 3.38. The van der Waals surface area contributed by atoms with E-state index in [0.29, 0.717) is 0 Å². The zero-order valence-corrected chi connectivity index (χ0v) is 23.5. The summed E-state index contributed by atoms with van der Waals surface area (Å²) in [5, 5.41) is 6.83. The van der Waals surface area contributed by atoms with E-state index in [4.69, 9.17) is 0 Å². The van der Waals surface area contributed by atoms with Crippen molar-refractivity contribution >= 4 is 49.0 Å². The van der Waals surface area contributed by atoms with Crippen LogP contribution < -0.4 is 4.57 Å². The second kappa shape index (κ2) is 7.80. The Hall–Kier alpha value is -3.91. The van der Waals surface area contributed by atoms with Crippen LogP contribution in [0, 0.1) is 26.2 Å². The second-order valence-electron chi connectivity index (χ2n) is 12.5. The molecule has 3 aromatic heterocycles. The molecule has 0 aliphatic carbocycles. The molecule has 188 valence electrons. The minimum absolute atomic E-state index is 0.208. The van der Waals surface area contributed by atoms with Crippen LogP contribution in [0.15, 0.2) is 72.9 Å². The average Bonchev–Trinajstić information content (AvgIpc) is 3.22. The molecule has 0 saturated carbocycles. The number of aryl methyl sites for hydroxylation is 4. The molecule has 0 fully saturated rings. The molecule has 0 saturated heterocycles. The molecule has 2 heteroatoms. The van der Waals surface area contributed by atoms with Crippen molar-refractivity contribution in [1.29, 1.82) is 0 Å². The van der Waals surface area contributed by atoms with Gasteiger partial charge in [0.1, 0.15) is 7.05 Å². The van der Waals surface area contributed by atoms with Crippen molar-refractivity contribution in [1.82, 2.24) is 4.40 Å². The predicted molar refractivity (Wildman–Crippen MR) is 163 cm³/mol. The van der Waals surface area contributed by atoms with Crippen molar-refractivity contribution < 1.29 is 4.57 Å². The van der Waals surface area contributed by atoms with Gasteiger partial charge in [-0.05, 0) is 66.5 Å². The van der Waals surface area contributed by atoms with Crippen LogP contribution in [0.4, 0.5) is 0 Å². The molecule has 0 unspecified atom stereocenters. The molecule has 0 amide bonds. The molecule has 4 aromatic carbocycles. The predicted octanol–water partition coefficient (Wildman–Crippen LogP) is 9.00. The summed E-state index contributed by atoms with van der Waals surface area (Å²) in [5.41, 5.74) is 13.6. The van der Waals surface area contributed by atoms with Crippen LogP contribution in [0.2, 0.25) is 0 Å². The molecule has 2 nitrogen and oxygen atoms in total. The highest BCUT2D eigenvalue weighted by Gasteiger charge is 2.28. The maximum absolute atomic E-state index is 2.60. The smallest absolute Gasteiger partial charge is 0.224 e. The molecule has 0 aliphatic rings. The summed E-state index contributed by atoms with van der Waals surface area (Å²) in [4.78, 5) is 0. The Kier molecular flexibility index (Phi) is 4.77. The first-order valence-electron chi connectivity index (χ1n) is 13.7. The average molecular weight is 496 g/mol. The van der Waals surface area contributed by atoms with Crippen molar-refractivity contribution in [2.45, 2.75) is 48.0 Å². The lowest BCUT2D eigenvalue weighted by molar-refractivity contribution is -0.643. The van der Waals surface area contributed by atoms with E-state index >= 15 is 0 Å². The van der Waals surface area contributed by atoms with Crippen LogP contribution >= 0.6 is 0 Å². The van der Waals surface area contributed by atoms with Crippen molar-refractivity contribution in [3.63, 3.8) is 0 Å². The zero-order chi connectivity index (χ0) is 26.5. The van der Waals surface area contributed by atoms with Crippen molar-refractivity contribution in [2.24, 2.45) is 12.5 Å². The van der Waals surface area contributed by atoms with Gasteiger partial charge in [0.25, 0.3) is 0 Å². The molecular weight excluding hydrogens is 460 g/mol. The maximum Gasteiger partial charge on any atom is 0.224 e. The first kappa shape index (κ1) is 23.2. The van der Waals surface area contributed by atoms with Crippen LogP contribution in [-0.4, -0.2) is 4.40 Å². The first-order chi connectivity index (χ1) is 18.2. The van der Waals surface area contributed by atoms with Gasteiger partial charge in [0.05, 0.1) is 32.9 Å². The second-order valence-corrected chi connectivity index (χ2v) is 12.5. The number of fused-ring (bicyclic) bond motifs is 6. The molecule has 7 rings (SSSR count). The number of nitrogens with zero attached hydrogens (tertiary/aromatic N) is 2. The van der Waals surface area contributed by atoms with Gasteiger partial charge in [0.15, 0.2) is 6.20 Å². The van der Waals surface area contributed by atoms with Crippen LogP contribution in [-0.2, 0) is 13.5 Å². The Morgan fingerprint density at radius 2 is 1.47 bits per heavy atom. The normalized spacial score (nSPS) is 12.7. The fourth-order valence-electron chi connectivity index (χ4n) is 6.95. The van der Waals surface area contributed by atoms with Gasteiger partial charge in [-0.25, -0.2) is 0 Å². The van der Waals surface area contributed by atoms with Crippen LogP contribution in [0.3, 0.4) is 0 Å². The monoisotopic (exact) mass is 495 g/mol. The van der Waals surface area contributed by atoms with Gasteiger partial charge in [-0.3, -0.25) is 0 Å². The van der Waals surface area contributed by atoms with E-state index in [1.54, 1.807) is 0 Å². The van der Waals surface area contributed by atoms with Crippen molar-refractivity contribution in [3.8, 4) is 11.1 Å². The van der Waals surface area contributed by atoms with Crippen LogP contribution in [0.25, 0.3) is 60.1 Å². The molecule has 0 bridgehead atoms. The molecule has 0 N–H and O–H groups in total. The Morgan fingerprint density at radius 3 is 2.21 bits per heavy atom. The largest absolute Gasteiger partial charge is 0.307 e. The highest BCUT2D eigenvalue weighted by molar-refractivity contribution is 6.29. The van der Waals surface area contributed by atoms with E-state index in [9.17, 15) is 0 Å². The van der Waals surface area contributed by atoms with Gasteiger partial charge < -0.3 is 4.40 Å². The molecule has 0 spiro atoms. The minimum atomic E-state index is 0.208. The van der Waals surface area contributed by atoms with Crippen molar-refractivity contribution in [3.05, 3.63) is 95.2 Å². The Morgan fingerprint density at radius 1 is 0.737 bits per heavy atom. The standard InChI is InChI=1S/C36H35N2/c1-21-18-22(2)33-30(23(21)3)35-32-26(28(20-37(35)7)24-12-9-8-10-13-24)16-17-27-31-25(19-36(4,5)6)14-11-15-29(31)38(33)34(27)32/h8-18,20H,19H2,1-7H3/q+1. The third kappa shape index (κ3) is 3.10. The number of hydrogen-bond donors (Lipinski definition) is 0. The van der Waals surface area contributed by atoms with Gasteiger partial charge >= 0.3 is 0 Å². The fourth-order valence-corrected chi connectivity index (χ4v) is 6.95. The molecule has 3 heterocycles. The van der Waals surface area contributed by atoms with Gasteiger partial charge in [0, 0.05) is 16.2 Å². The number of rotatable bonds is 2. The molecule has 0 aliphatic heterocycles. The Bertz CT molecular complexity index is 2050. The highest BCUT2D eigenvalue weighted by atomic mass is 15.0. The molecule has 38 heavy (non-hydrogen) atoms. The number of benzene rings is 4.